The van der Waals surface area contributed by atoms with Crippen LogP contribution >= 0.6 is 0 Å². The SMILES string of the molecule is CCOC(=O)Cn1cnc2c(N)nc(NCCCNC(=O)OC(C)(C)C)nc21. The van der Waals surface area contributed by atoms with Gasteiger partial charge in [-0.1, -0.05) is 0 Å². The zero-order chi connectivity index (χ0) is 20.7. The van der Waals surface area contributed by atoms with Gasteiger partial charge in [0.05, 0.1) is 12.9 Å². The molecule has 2 aromatic heterocycles. The van der Waals surface area contributed by atoms with Crippen molar-refractivity contribution in [3.63, 3.8) is 0 Å². The summed E-state index contributed by atoms with van der Waals surface area (Å²) in [6.07, 6.45) is 1.64. The first-order valence-electron chi connectivity index (χ1n) is 9.04. The number of hydrogen-bond donors (Lipinski definition) is 3. The average Bonchev–Trinajstić information content (AvgIpc) is 2.96. The molecule has 0 aliphatic carbocycles. The molecule has 0 radical (unpaired) electrons. The fourth-order valence-corrected chi connectivity index (χ4v) is 2.30. The second-order valence-corrected chi connectivity index (χ2v) is 6.99. The minimum Gasteiger partial charge on any atom is -0.465 e. The normalized spacial score (nSPS) is 11.3. The van der Waals surface area contributed by atoms with E-state index in [4.69, 9.17) is 15.2 Å². The summed E-state index contributed by atoms with van der Waals surface area (Å²) in [5.74, 6) is 0.136. The van der Waals surface area contributed by atoms with E-state index in [9.17, 15) is 9.59 Å². The zero-order valence-electron chi connectivity index (χ0n) is 16.6. The maximum atomic E-state index is 11.7. The van der Waals surface area contributed by atoms with Crippen LogP contribution < -0.4 is 16.4 Å². The van der Waals surface area contributed by atoms with Gasteiger partial charge in [-0.2, -0.15) is 9.97 Å². The molecule has 2 rings (SSSR count). The van der Waals surface area contributed by atoms with E-state index in [0.717, 1.165) is 0 Å². The predicted molar refractivity (Wildman–Crippen MR) is 104 cm³/mol. The van der Waals surface area contributed by atoms with Crippen molar-refractivity contribution in [2.24, 2.45) is 0 Å². The minimum absolute atomic E-state index is 0.0138. The number of anilines is 2. The highest BCUT2D eigenvalue weighted by Gasteiger charge is 2.16. The van der Waals surface area contributed by atoms with E-state index in [2.05, 4.69) is 25.6 Å². The molecule has 0 spiro atoms. The number of nitrogen functional groups attached to an aromatic ring is 1. The monoisotopic (exact) mass is 393 g/mol. The van der Waals surface area contributed by atoms with Crippen LogP contribution in [-0.4, -0.2) is 56.9 Å². The van der Waals surface area contributed by atoms with Crippen molar-refractivity contribution in [1.82, 2.24) is 24.8 Å². The number of alkyl carbamates (subject to hydrolysis) is 1. The van der Waals surface area contributed by atoms with Crippen molar-refractivity contribution >= 4 is 35.0 Å². The summed E-state index contributed by atoms with van der Waals surface area (Å²) in [6, 6.07) is 0. The van der Waals surface area contributed by atoms with Crippen LogP contribution in [0.4, 0.5) is 16.6 Å². The molecule has 2 aromatic rings. The van der Waals surface area contributed by atoms with Gasteiger partial charge in [-0.3, -0.25) is 4.79 Å². The van der Waals surface area contributed by atoms with E-state index in [1.807, 2.05) is 0 Å². The lowest BCUT2D eigenvalue weighted by Gasteiger charge is -2.19. The molecule has 11 nitrogen and oxygen atoms in total. The van der Waals surface area contributed by atoms with Gasteiger partial charge >= 0.3 is 12.1 Å². The second-order valence-electron chi connectivity index (χ2n) is 6.99. The number of rotatable bonds is 8. The first kappa shape index (κ1) is 21.2. The Morgan fingerprint density at radius 2 is 2.00 bits per heavy atom. The van der Waals surface area contributed by atoms with E-state index in [-0.39, 0.29) is 18.3 Å². The summed E-state index contributed by atoms with van der Waals surface area (Å²) in [4.78, 5) is 36.0. The largest absolute Gasteiger partial charge is 0.465 e. The van der Waals surface area contributed by atoms with E-state index < -0.39 is 11.7 Å². The quantitative estimate of drug-likeness (QED) is 0.446. The van der Waals surface area contributed by atoms with Crippen LogP contribution in [0.3, 0.4) is 0 Å². The van der Waals surface area contributed by atoms with Crippen molar-refractivity contribution in [3.8, 4) is 0 Å². The summed E-state index contributed by atoms with van der Waals surface area (Å²) in [5, 5.41) is 5.72. The smallest absolute Gasteiger partial charge is 0.407 e. The minimum atomic E-state index is -0.532. The number of ether oxygens (including phenoxy) is 2. The molecule has 0 fully saturated rings. The number of nitrogens with two attached hydrogens (primary N) is 1. The van der Waals surface area contributed by atoms with Gasteiger partial charge in [-0.05, 0) is 34.1 Å². The molecule has 154 valence electrons. The third-order valence-electron chi connectivity index (χ3n) is 3.40. The number of amides is 1. The van der Waals surface area contributed by atoms with E-state index in [0.29, 0.717) is 43.2 Å². The van der Waals surface area contributed by atoms with Gasteiger partial charge in [0.1, 0.15) is 17.7 Å². The van der Waals surface area contributed by atoms with Crippen molar-refractivity contribution in [3.05, 3.63) is 6.33 Å². The number of aromatic nitrogens is 4. The Kier molecular flexibility index (Phi) is 6.96. The summed E-state index contributed by atoms with van der Waals surface area (Å²) in [7, 11) is 0. The molecule has 2 heterocycles. The number of carbonyl (C=O) groups excluding carboxylic acids is 2. The van der Waals surface area contributed by atoms with Crippen molar-refractivity contribution < 1.29 is 19.1 Å². The molecule has 0 saturated carbocycles. The van der Waals surface area contributed by atoms with Crippen molar-refractivity contribution in [1.29, 1.82) is 0 Å². The Hall–Kier alpha value is -3.11. The molecule has 4 N–H and O–H groups in total. The Bertz CT molecular complexity index is 829. The van der Waals surface area contributed by atoms with Gasteiger partial charge in [-0.25, -0.2) is 9.78 Å². The third kappa shape index (κ3) is 6.25. The second kappa shape index (κ2) is 9.20. The molecule has 0 aliphatic rings. The highest BCUT2D eigenvalue weighted by molar-refractivity contribution is 5.84. The van der Waals surface area contributed by atoms with Crippen LogP contribution in [0.25, 0.3) is 11.2 Å². The number of imidazole rings is 1. The molecule has 11 heteroatoms. The van der Waals surface area contributed by atoms with Crippen LogP contribution in [0.2, 0.25) is 0 Å². The van der Waals surface area contributed by atoms with Crippen molar-refractivity contribution in [2.45, 2.75) is 46.3 Å². The third-order valence-corrected chi connectivity index (χ3v) is 3.40. The summed E-state index contributed by atoms with van der Waals surface area (Å²) in [5.41, 5.74) is 6.26. The molecule has 0 unspecified atom stereocenters. The maximum absolute atomic E-state index is 11.7. The first-order valence-corrected chi connectivity index (χ1v) is 9.04. The summed E-state index contributed by atoms with van der Waals surface area (Å²) < 4.78 is 11.7. The van der Waals surface area contributed by atoms with Crippen LogP contribution in [-0.2, 0) is 20.8 Å². The lowest BCUT2D eigenvalue weighted by Crippen LogP contribution is -2.33. The van der Waals surface area contributed by atoms with Crippen LogP contribution in [0.1, 0.15) is 34.1 Å². The fraction of sp³-hybridized carbons (Fsp3) is 0.588. The summed E-state index contributed by atoms with van der Waals surface area (Å²) >= 11 is 0. The van der Waals surface area contributed by atoms with Crippen LogP contribution in [0, 0.1) is 0 Å². The van der Waals surface area contributed by atoms with E-state index in [1.165, 1.54) is 6.33 Å². The Morgan fingerprint density at radius 1 is 1.25 bits per heavy atom. The van der Waals surface area contributed by atoms with Crippen LogP contribution in [0.5, 0.6) is 0 Å². The average molecular weight is 393 g/mol. The zero-order valence-corrected chi connectivity index (χ0v) is 16.6. The molecular weight excluding hydrogens is 366 g/mol. The van der Waals surface area contributed by atoms with E-state index >= 15 is 0 Å². The standard InChI is InChI=1S/C17H27N7O4/c1-5-27-11(25)9-24-10-21-12-13(18)22-15(23-14(12)24)19-7-6-8-20-16(26)28-17(2,3)4/h10H,5-9H2,1-4H3,(H,20,26)(H3,18,19,22,23). The number of hydrogen-bond acceptors (Lipinski definition) is 9. The van der Waals surface area contributed by atoms with Gasteiger partial charge in [0.25, 0.3) is 0 Å². The molecule has 0 atom stereocenters. The predicted octanol–water partition coefficient (Wildman–Crippen LogP) is 1.30. The fourth-order valence-electron chi connectivity index (χ4n) is 2.30. The Morgan fingerprint density at radius 3 is 2.68 bits per heavy atom. The van der Waals surface area contributed by atoms with Gasteiger partial charge in [0.15, 0.2) is 11.5 Å². The van der Waals surface area contributed by atoms with Gasteiger partial charge < -0.3 is 30.4 Å². The molecule has 0 aromatic carbocycles. The molecule has 0 bridgehead atoms. The molecular formula is C17H27N7O4. The molecule has 1 amide bonds. The molecule has 0 aliphatic heterocycles. The Labute approximate surface area is 163 Å². The topological polar surface area (TPSA) is 146 Å². The highest BCUT2D eigenvalue weighted by atomic mass is 16.6. The lowest BCUT2D eigenvalue weighted by atomic mass is 10.2. The van der Waals surface area contributed by atoms with Crippen molar-refractivity contribution in [2.75, 3.05) is 30.7 Å². The van der Waals surface area contributed by atoms with Gasteiger partial charge in [0, 0.05) is 13.1 Å². The van der Waals surface area contributed by atoms with Crippen LogP contribution in [0.15, 0.2) is 6.33 Å². The number of esters is 1. The number of nitrogens with zero attached hydrogens (tertiary/aromatic N) is 4. The van der Waals surface area contributed by atoms with E-state index in [1.54, 1.807) is 32.3 Å². The molecule has 0 saturated heterocycles. The van der Waals surface area contributed by atoms with Gasteiger partial charge in [0.2, 0.25) is 5.95 Å². The number of nitrogens with one attached hydrogen (secondary N) is 2. The highest BCUT2D eigenvalue weighted by Crippen LogP contribution is 2.18. The number of fused-ring (bicyclic) bond motifs is 1. The maximum Gasteiger partial charge on any atom is 0.407 e. The molecule has 28 heavy (non-hydrogen) atoms. The lowest BCUT2D eigenvalue weighted by molar-refractivity contribution is -0.143. The number of carbonyl (C=O) groups is 2. The summed E-state index contributed by atoms with van der Waals surface area (Å²) in [6.45, 7) is 8.37. The van der Waals surface area contributed by atoms with Gasteiger partial charge in [-0.15, -0.1) is 0 Å². The first-order chi connectivity index (χ1) is 13.2. The Balaban J connectivity index is 1.91.